The molecule has 0 radical (unpaired) electrons. The van der Waals surface area contributed by atoms with Crippen molar-refractivity contribution in [2.75, 3.05) is 26.2 Å². The van der Waals surface area contributed by atoms with E-state index in [2.05, 4.69) is 41.5 Å². The fourth-order valence-corrected chi connectivity index (χ4v) is 2.93. The van der Waals surface area contributed by atoms with Crippen molar-refractivity contribution in [3.05, 3.63) is 17.5 Å². The Balaban J connectivity index is 1.59. The quantitative estimate of drug-likeness (QED) is 0.860. The molecule has 3 rings (SSSR count). The predicted molar refractivity (Wildman–Crippen MR) is 79.2 cm³/mol. The van der Waals surface area contributed by atoms with Gasteiger partial charge in [0.05, 0.1) is 0 Å². The zero-order valence-corrected chi connectivity index (χ0v) is 12.9. The summed E-state index contributed by atoms with van der Waals surface area (Å²) in [6, 6.07) is 2.48. The third kappa shape index (κ3) is 2.96. The molecule has 6 heteroatoms. The Kier molecular flexibility index (Phi) is 3.99. The maximum absolute atomic E-state index is 12.3. The molecule has 0 bridgehead atoms. The molecule has 2 fully saturated rings. The maximum Gasteiger partial charge on any atom is 0.273 e. The first kappa shape index (κ1) is 14.5. The molecule has 2 aliphatic heterocycles. The Hall–Kier alpha value is -1.40. The standard InChI is InChI=1S/C15H24N4O2/c1-9(2)19-7-10(3)13(8-19)17-15(20)12-4-14(21-18-12)11-5-16-6-11/h4,9-11,13,16H,5-8H2,1-3H3,(H,17,20)/t10-,13+/m0/s1. The van der Waals surface area contributed by atoms with Gasteiger partial charge in [-0.3, -0.25) is 9.69 Å². The summed E-state index contributed by atoms with van der Waals surface area (Å²) in [5, 5.41) is 10.2. The van der Waals surface area contributed by atoms with E-state index < -0.39 is 0 Å². The van der Waals surface area contributed by atoms with E-state index in [1.165, 1.54) is 0 Å². The molecule has 2 aliphatic rings. The summed E-state index contributed by atoms with van der Waals surface area (Å²) in [4.78, 5) is 14.7. The third-order valence-electron chi connectivity index (χ3n) is 4.63. The number of hydrogen-bond donors (Lipinski definition) is 2. The molecule has 0 spiro atoms. The van der Waals surface area contributed by atoms with Crippen molar-refractivity contribution in [1.82, 2.24) is 20.7 Å². The molecule has 6 nitrogen and oxygen atoms in total. The van der Waals surface area contributed by atoms with E-state index in [0.29, 0.717) is 23.6 Å². The van der Waals surface area contributed by atoms with Gasteiger partial charge in [0.25, 0.3) is 5.91 Å². The highest BCUT2D eigenvalue weighted by Crippen LogP contribution is 2.22. The minimum absolute atomic E-state index is 0.125. The molecule has 1 aromatic heterocycles. The van der Waals surface area contributed by atoms with Crippen molar-refractivity contribution in [2.45, 2.75) is 38.8 Å². The lowest BCUT2D eigenvalue weighted by atomic mass is 10.0. The number of nitrogens with zero attached hydrogens (tertiary/aromatic N) is 2. The van der Waals surface area contributed by atoms with Crippen molar-refractivity contribution in [3.63, 3.8) is 0 Å². The first-order chi connectivity index (χ1) is 10.0. The largest absolute Gasteiger partial charge is 0.360 e. The van der Waals surface area contributed by atoms with Gasteiger partial charge in [-0.15, -0.1) is 0 Å². The van der Waals surface area contributed by atoms with E-state index in [4.69, 9.17) is 4.52 Å². The van der Waals surface area contributed by atoms with Crippen LogP contribution in [0.4, 0.5) is 0 Å². The van der Waals surface area contributed by atoms with Gasteiger partial charge in [0.1, 0.15) is 5.76 Å². The Morgan fingerprint density at radius 2 is 2.24 bits per heavy atom. The SMILES string of the molecule is CC(C)N1C[C@H](C)[C@H](NC(=O)c2cc(C3CNC3)on2)C1. The first-order valence-corrected chi connectivity index (χ1v) is 7.77. The number of rotatable bonds is 4. The van der Waals surface area contributed by atoms with Crippen LogP contribution in [-0.2, 0) is 0 Å². The molecule has 2 atom stereocenters. The van der Waals surface area contributed by atoms with Gasteiger partial charge in [-0.1, -0.05) is 12.1 Å². The number of amides is 1. The molecular formula is C15H24N4O2. The zero-order valence-electron chi connectivity index (χ0n) is 12.9. The normalized spacial score (nSPS) is 27.0. The summed E-state index contributed by atoms with van der Waals surface area (Å²) in [5.74, 6) is 1.50. The van der Waals surface area contributed by atoms with Gasteiger partial charge in [-0.05, 0) is 19.8 Å². The average Bonchev–Trinajstić information content (AvgIpc) is 2.95. The van der Waals surface area contributed by atoms with Crippen LogP contribution in [0.2, 0.25) is 0 Å². The molecule has 0 unspecified atom stereocenters. The second kappa shape index (κ2) is 5.77. The number of aromatic nitrogens is 1. The molecule has 3 heterocycles. The predicted octanol–water partition coefficient (Wildman–Crippen LogP) is 0.820. The van der Waals surface area contributed by atoms with Gasteiger partial charge in [0.2, 0.25) is 0 Å². The molecule has 2 saturated heterocycles. The lowest BCUT2D eigenvalue weighted by molar-refractivity contribution is 0.0921. The summed E-state index contributed by atoms with van der Waals surface area (Å²) < 4.78 is 5.28. The fraction of sp³-hybridized carbons (Fsp3) is 0.733. The highest BCUT2D eigenvalue weighted by molar-refractivity contribution is 5.92. The van der Waals surface area contributed by atoms with Gasteiger partial charge in [-0.25, -0.2) is 0 Å². The monoisotopic (exact) mass is 292 g/mol. The van der Waals surface area contributed by atoms with Crippen molar-refractivity contribution < 1.29 is 9.32 Å². The van der Waals surface area contributed by atoms with Crippen LogP contribution in [0.5, 0.6) is 0 Å². The number of carbonyl (C=O) groups excluding carboxylic acids is 1. The Morgan fingerprint density at radius 1 is 1.48 bits per heavy atom. The summed E-state index contributed by atoms with van der Waals surface area (Å²) in [6.45, 7) is 10.3. The molecule has 2 N–H and O–H groups in total. The number of hydrogen-bond acceptors (Lipinski definition) is 5. The Bertz CT molecular complexity index is 510. The lowest BCUT2D eigenvalue weighted by Crippen LogP contribution is -2.40. The van der Waals surface area contributed by atoms with E-state index in [-0.39, 0.29) is 11.9 Å². The minimum Gasteiger partial charge on any atom is -0.360 e. The van der Waals surface area contributed by atoms with Crippen molar-refractivity contribution in [1.29, 1.82) is 0 Å². The summed E-state index contributed by atoms with van der Waals surface area (Å²) in [7, 11) is 0. The molecule has 0 saturated carbocycles. The van der Waals surface area contributed by atoms with E-state index in [1.54, 1.807) is 6.07 Å². The van der Waals surface area contributed by atoms with Crippen LogP contribution in [0.25, 0.3) is 0 Å². The molecule has 21 heavy (non-hydrogen) atoms. The van der Waals surface area contributed by atoms with Gasteiger partial charge >= 0.3 is 0 Å². The smallest absolute Gasteiger partial charge is 0.273 e. The molecule has 116 valence electrons. The van der Waals surface area contributed by atoms with Gasteiger partial charge in [-0.2, -0.15) is 0 Å². The van der Waals surface area contributed by atoms with E-state index in [9.17, 15) is 4.79 Å². The van der Waals surface area contributed by atoms with Gasteiger partial charge in [0.15, 0.2) is 5.69 Å². The third-order valence-corrected chi connectivity index (χ3v) is 4.63. The molecule has 1 amide bonds. The highest BCUT2D eigenvalue weighted by Gasteiger charge is 2.33. The second-order valence-corrected chi connectivity index (χ2v) is 6.57. The van der Waals surface area contributed by atoms with Gasteiger partial charge < -0.3 is 15.2 Å². The molecule has 0 aromatic carbocycles. The number of carbonyl (C=O) groups is 1. The van der Waals surface area contributed by atoms with Crippen molar-refractivity contribution >= 4 is 5.91 Å². The van der Waals surface area contributed by atoms with E-state index in [0.717, 1.165) is 31.9 Å². The van der Waals surface area contributed by atoms with Gasteiger partial charge in [0, 0.05) is 50.2 Å². The van der Waals surface area contributed by atoms with Crippen molar-refractivity contribution in [2.24, 2.45) is 5.92 Å². The van der Waals surface area contributed by atoms with Crippen LogP contribution in [0.3, 0.4) is 0 Å². The Labute approximate surface area is 125 Å². The van der Waals surface area contributed by atoms with Crippen LogP contribution >= 0.6 is 0 Å². The zero-order chi connectivity index (χ0) is 15.0. The average molecular weight is 292 g/mol. The van der Waals surface area contributed by atoms with Crippen molar-refractivity contribution in [3.8, 4) is 0 Å². The summed E-state index contributed by atoms with van der Waals surface area (Å²) >= 11 is 0. The summed E-state index contributed by atoms with van der Waals surface area (Å²) in [6.07, 6.45) is 0. The topological polar surface area (TPSA) is 70.4 Å². The molecular weight excluding hydrogens is 268 g/mol. The van der Waals surface area contributed by atoms with Crippen LogP contribution < -0.4 is 10.6 Å². The van der Waals surface area contributed by atoms with Crippen LogP contribution in [0, 0.1) is 5.92 Å². The lowest BCUT2D eigenvalue weighted by Gasteiger charge is -2.23. The van der Waals surface area contributed by atoms with Crippen LogP contribution in [0.1, 0.15) is 42.9 Å². The Morgan fingerprint density at radius 3 is 2.81 bits per heavy atom. The number of likely N-dealkylation sites (tertiary alicyclic amines) is 1. The number of nitrogens with one attached hydrogen (secondary N) is 2. The first-order valence-electron chi connectivity index (χ1n) is 7.77. The molecule has 0 aliphatic carbocycles. The van der Waals surface area contributed by atoms with Crippen LogP contribution in [0.15, 0.2) is 10.6 Å². The summed E-state index contributed by atoms with van der Waals surface area (Å²) in [5.41, 5.74) is 0.395. The van der Waals surface area contributed by atoms with E-state index >= 15 is 0 Å². The highest BCUT2D eigenvalue weighted by atomic mass is 16.5. The second-order valence-electron chi connectivity index (χ2n) is 6.57. The maximum atomic E-state index is 12.3. The van der Waals surface area contributed by atoms with E-state index in [1.807, 2.05) is 0 Å². The minimum atomic E-state index is -0.125. The molecule has 1 aromatic rings. The fourth-order valence-electron chi connectivity index (χ4n) is 2.93. The van der Waals surface area contributed by atoms with Crippen LogP contribution in [-0.4, -0.2) is 54.2 Å².